The number of benzene rings is 4. The summed E-state index contributed by atoms with van der Waals surface area (Å²) in [5.74, 6) is 1.13. The second-order valence-corrected chi connectivity index (χ2v) is 29.8. The molecule has 6 aromatic rings. The second-order valence-electron chi connectivity index (χ2n) is 29.2. The molecule has 2 aromatic heterocycles. The molecule has 115 heavy (non-hydrogen) atoms. The first-order chi connectivity index (χ1) is 55.2. The highest BCUT2D eigenvalue weighted by Crippen LogP contribution is 2.35. The van der Waals surface area contributed by atoms with Gasteiger partial charge in [0.1, 0.15) is 17.2 Å². The van der Waals surface area contributed by atoms with E-state index in [1.165, 1.54) is 70.2 Å². The van der Waals surface area contributed by atoms with Crippen LogP contribution in [0, 0.1) is 36.5 Å². The number of halogens is 1. The maximum absolute atomic E-state index is 13.7. The van der Waals surface area contributed by atoms with E-state index < -0.39 is 17.7 Å². The van der Waals surface area contributed by atoms with Crippen LogP contribution in [0.25, 0.3) is 34.4 Å². The van der Waals surface area contributed by atoms with E-state index in [9.17, 15) is 39.0 Å². The van der Waals surface area contributed by atoms with Crippen LogP contribution in [0.15, 0.2) is 115 Å². The highest BCUT2D eigenvalue weighted by Gasteiger charge is 2.28. The monoisotopic (exact) mass is 1600 g/mol. The van der Waals surface area contributed by atoms with Gasteiger partial charge in [0, 0.05) is 90.0 Å². The highest BCUT2D eigenvalue weighted by atomic mass is 35.5. The third kappa shape index (κ3) is 31.4. The molecule has 27 heteroatoms. The number of carbonyl (C=O) groups is 6. The lowest BCUT2D eigenvalue weighted by atomic mass is 9.89. The summed E-state index contributed by atoms with van der Waals surface area (Å²) in [7, 11) is 0. The van der Waals surface area contributed by atoms with Crippen molar-refractivity contribution in [2.24, 2.45) is 22.6 Å². The maximum Gasteiger partial charge on any atom is 0.510 e. The van der Waals surface area contributed by atoms with E-state index >= 15 is 0 Å². The number of hydrogen-bond acceptors (Lipinski definition) is 21. The van der Waals surface area contributed by atoms with E-state index in [2.05, 4.69) is 53.4 Å². The Morgan fingerprint density at radius 3 is 1.42 bits per heavy atom. The van der Waals surface area contributed by atoms with Crippen LogP contribution in [0.3, 0.4) is 0 Å². The molecular weight excluding hydrogens is 1490 g/mol. The minimum atomic E-state index is -0.725. The number of ether oxygens (including phenoxy) is 4. The van der Waals surface area contributed by atoms with Gasteiger partial charge in [-0.25, -0.2) is 19.8 Å². The first kappa shape index (κ1) is 92.9. The van der Waals surface area contributed by atoms with Gasteiger partial charge in [-0.2, -0.15) is 19.2 Å². The molecular formula is C88H109ClN10O16. The summed E-state index contributed by atoms with van der Waals surface area (Å²) in [6, 6.07) is 29.2. The van der Waals surface area contributed by atoms with Crippen molar-refractivity contribution in [1.29, 1.82) is 10.8 Å². The van der Waals surface area contributed by atoms with Crippen LogP contribution in [0.5, 0.6) is 0 Å². The Kier molecular flexibility index (Phi) is 39.0. The highest BCUT2D eigenvalue weighted by molar-refractivity contribution is 6.19. The number of aliphatic hydroxyl groups excluding tert-OH is 2. The summed E-state index contributed by atoms with van der Waals surface area (Å²) in [5, 5.41) is 45.4. The lowest BCUT2D eigenvalue weighted by Gasteiger charge is -2.34. The van der Waals surface area contributed by atoms with Crippen molar-refractivity contribution < 1.29 is 77.1 Å². The Balaban J connectivity index is 0.000000253. The summed E-state index contributed by atoms with van der Waals surface area (Å²) in [6.45, 7) is 24.4. The Labute approximate surface area is 677 Å². The van der Waals surface area contributed by atoms with E-state index in [-0.39, 0.29) is 91.9 Å². The zero-order valence-corrected chi connectivity index (χ0v) is 67.6. The van der Waals surface area contributed by atoms with Crippen molar-refractivity contribution in [1.82, 2.24) is 30.8 Å². The molecule has 614 valence electrons. The largest absolute Gasteiger partial charge is 0.510 e. The van der Waals surface area contributed by atoms with Gasteiger partial charge in [-0.15, -0.1) is 0 Å². The smallest absolute Gasteiger partial charge is 0.463 e. The predicted octanol–water partition coefficient (Wildman–Crippen LogP) is 13.4. The number of esters is 1. The van der Waals surface area contributed by atoms with Crippen molar-refractivity contribution in [2.75, 3.05) is 39.4 Å². The topological polar surface area (TPSA) is 399 Å². The van der Waals surface area contributed by atoms with Crippen LogP contribution < -0.4 is 21.7 Å². The van der Waals surface area contributed by atoms with Gasteiger partial charge in [0.05, 0.1) is 51.1 Å². The minimum Gasteiger partial charge on any atom is -0.463 e. The number of Topliss-reactive ketones (excluding diaryl/α,β-unsaturated/α-hetero) is 2. The number of nitrogens with zero attached hydrogens (tertiary/aromatic N) is 4. The first-order valence-corrected chi connectivity index (χ1v) is 39.5. The number of aromatic nitrogens is 2. The Morgan fingerprint density at radius 1 is 0.609 bits per heavy atom. The molecule has 3 heterocycles. The van der Waals surface area contributed by atoms with Crippen LogP contribution in [-0.4, -0.2) is 160 Å². The quantitative estimate of drug-likeness (QED) is 0.00780. The summed E-state index contributed by atoms with van der Waals surface area (Å²) in [5.41, 5.74) is 15.8. The molecule has 0 bridgehead atoms. The number of rotatable bonds is 27. The maximum atomic E-state index is 13.7. The standard InChI is InChI=1S/C34H37N3O5.C29H30N4O3.C17H31N3O.C6H11ClO3.2CO2/c1-5-24-15-29(32(39)14-22-8-10-25(11-9-22)30(35)17-33(40)42-20(2)3)28(16-26(24)19-38)27-12-13-31(37-21(27)4)34(41)36-18-23-6-7-23;1-3-20-13-25(27(35)12-18-6-8-21(9-7-18)28(30)31)24(14-22(20)16-34)23-10-11-26(33-17(23)2)29(36)32-15-19-4-5-19;1-3-7-15(8-4-1)18-17(20-11-13-21-14-12-20)19-16-9-5-2-6-10-16;1-4(2)9-6(8)10-5(3)7;2*2-1-3/h5,8-13,15-16,20,23,35,38H,1,6-7,14,17-19H2,2-4H3,(H,36,41);3,6-11,13-14,19,34H,1,4-5,12,15-16H2,2H3,(H3,30,31)(H,32,36);15-16H,1-14H2,(H,18,19);4-5H,1-3H3;;. The number of nitrogens with one attached hydrogen (secondary N) is 5. The van der Waals surface area contributed by atoms with E-state index in [0.29, 0.717) is 127 Å². The third-order valence-electron chi connectivity index (χ3n) is 19.4. The zero-order valence-electron chi connectivity index (χ0n) is 66.9. The number of aryl methyl sites for hydroxylation is 2. The van der Waals surface area contributed by atoms with E-state index in [0.717, 1.165) is 63.1 Å². The van der Waals surface area contributed by atoms with Crippen LogP contribution in [0.4, 0.5) is 4.79 Å². The molecule has 4 saturated carbocycles. The van der Waals surface area contributed by atoms with Crippen LogP contribution in [0.1, 0.15) is 229 Å². The molecule has 4 aromatic carbocycles. The van der Waals surface area contributed by atoms with Crippen molar-refractivity contribution in [2.45, 2.75) is 201 Å². The normalized spacial score (nSPS) is 14.7. The summed E-state index contributed by atoms with van der Waals surface area (Å²) < 4.78 is 19.7. The van der Waals surface area contributed by atoms with Crippen LogP contribution >= 0.6 is 11.6 Å². The zero-order chi connectivity index (χ0) is 84.1. The molecule has 9 N–H and O–H groups in total. The second kappa shape index (κ2) is 48.3. The van der Waals surface area contributed by atoms with Crippen molar-refractivity contribution >= 4 is 89.1 Å². The van der Waals surface area contributed by atoms with Crippen LogP contribution in [0.2, 0.25) is 0 Å². The van der Waals surface area contributed by atoms with Crippen molar-refractivity contribution in [3.63, 3.8) is 0 Å². The van der Waals surface area contributed by atoms with Gasteiger partial charge in [0.2, 0.25) is 0 Å². The molecule has 1 saturated heterocycles. The predicted molar refractivity (Wildman–Crippen MR) is 438 cm³/mol. The number of ketones is 2. The number of amidine groups is 1. The molecule has 1 atom stereocenters. The van der Waals surface area contributed by atoms with Crippen molar-refractivity contribution in [3.8, 4) is 22.3 Å². The number of amides is 2. The summed E-state index contributed by atoms with van der Waals surface area (Å²) >= 11 is 5.33. The lowest BCUT2D eigenvalue weighted by molar-refractivity contribution is -0.193. The Bertz CT molecular complexity index is 4390. The Morgan fingerprint density at radius 2 is 1.03 bits per heavy atom. The number of alkyl halides is 1. The van der Waals surface area contributed by atoms with E-state index in [4.69, 9.17) is 61.8 Å². The number of pyridine rings is 2. The fraction of sp³-hybridized carbons (Fsp3) is 0.443. The molecule has 2 amide bonds. The fourth-order valence-electron chi connectivity index (χ4n) is 13.0. The molecule has 1 unspecified atom stereocenters. The number of aliphatic hydroxyl groups is 2. The van der Waals surface area contributed by atoms with Gasteiger partial charge in [-0.3, -0.25) is 29.4 Å². The van der Waals surface area contributed by atoms with E-state index in [1.807, 2.05) is 6.92 Å². The Hall–Kier alpha value is -11.0. The molecule has 5 aliphatic rings. The SMILES string of the molecule is C1CCC(N=C(NC2CCCCC2)N2CCOCC2)CC1.C=Cc1cc(C(=O)Cc2ccc(C(=N)CC(=O)OC(C)C)cc2)c(-c2ccc(C(=O)NCC3CC3)nc2C)cc1CO.C=Cc1cc(C(=O)Cc2ccc(C(=N)N)cc2)c(-c2ccc(C(=O)NCC3CC3)nc2C)cc1CO.CC(C)OC(=O)OC(C)Cl.O=C=O.O=C=O. The molecule has 0 spiro atoms. The lowest BCUT2D eigenvalue weighted by Crippen LogP contribution is -2.51. The number of nitrogen functional groups attached to an aromatic ring is 1. The van der Waals surface area contributed by atoms with Gasteiger partial charge in [-0.1, -0.05) is 136 Å². The number of guanidine groups is 1. The molecule has 4 aliphatic carbocycles. The van der Waals surface area contributed by atoms with Crippen molar-refractivity contribution in [3.05, 3.63) is 189 Å². The number of nitrogens with two attached hydrogens (primary N) is 1. The number of carbonyl (C=O) groups excluding carboxylic acids is 10. The van der Waals surface area contributed by atoms with Gasteiger partial charge < -0.3 is 61.2 Å². The molecule has 26 nitrogen and oxygen atoms in total. The average Bonchev–Trinajstić information content (AvgIpc) is 1.69. The first-order valence-electron chi connectivity index (χ1n) is 39.0. The summed E-state index contributed by atoms with van der Waals surface area (Å²) in [4.78, 5) is 124. The molecule has 5 fully saturated rings. The minimum absolute atomic E-state index is 0.0296. The van der Waals surface area contributed by atoms with Gasteiger partial charge in [0.25, 0.3) is 11.8 Å². The van der Waals surface area contributed by atoms with Gasteiger partial charge in [-0.05, 0) is 198 Å². The third-order valence-corrected chi connectivity index (χ3v) is 19.4. The molecule has 11 rings (SSSR count). The molecule has 1 aliphatic heterocycles. The number of morpholine rings is 1. The average molecular weight is 1600 g/mol. The van der Waals surface area contributed by atoms with Crippen LogP contribution in [-0.2, 0) is 69.0 Å². The van der Waals surface area contributed by atoms with Gasteiger partial charge in [0.15, 0.2) is 23.1 Å². The van der Waals surface area contributed by atoms with Gasteiger partial charge >= 0.3 is 24.4 Å². The number of hydrogen-bond donors (Lipinski definition) is 8. The fourth-order valence-corrected chi connectivity index (χ4v) is 13.1. The number of aliphatic imine (C=N–C) groups is 1. The van der Waals surface area contributed by atoms with E-state index in [1.54, 1.807) is 151 Å². The molecule has 0 radical (unpaired) electrons. The summed E-state index contributed by atoms with van der Waals surface area (Å²) in [6.07, 6.45) is 20.7.